The summed E-state index contributed by atoms with van der Waals surface area (Å²) >= 11 is 17.2. The quantitative estimate of drug-likeness (QED) is 0.0211. The first-order chi connectivity index (χ1) is 39.5. The number of amides is 7. The van der Waals surface area contributed by atoms with Crippen LogP contribution in [0.25, 0.3) is 0 Å². The van der Waals surface area contributed by atoms with Crippen molar-refractivity contribution in [2.45, 2.75) is 165 Å². The van der Waals surface area contributed by atoms with E-state index in [1.807, 2.05) is 64.8 Å². The Kier molecular flexibility index (Phi) is 25.8. The summed E-state index contributed by atoms with van der Waals surface area (Å²) in [7, 11) is 4.85. The number of nitrogens with one attached hydrogen (secondary N) is 6. The minimum absolute atomic E-state index is 0.0479. The predicted octanol–water partition coefficient (Wildman–Crippen LogP) is 8.70. The Morgan fingerprint density at radius 3 is 2.39 bits per heavy atom. The summed E-state index contributed by atoms with van der Waals surface area (Å²) in [6, 6.07) is 5.60. The van der Waals surface area contributed by atoms with Crippen molar-refractivity contribution in [1.82, 2.24) is 21.3 Å². The van der Waals surface area contributed by atoms with Crippen molar-refractivity contribution in [3.05, 3.63) is 69.2 Å². The van der Waals surface area contributed by atoms with Crippen molar-refractivity contribution in [3.8, 4) is 5.75 Å². The summed E-state index contributed by atoms with van der Waals surface area (Å²) in [6.45, 7) is 13.4. The van der Waals surface area contributed by atoms with E-state index in [0.717, 1.165) is 17.4 Å². The van der Waals surface area contributed by atoms with E-state index < -0.39 is 95.0 Å². The Morgan fingerprint density at radius 2 is 1.76 bits per heavy atom. The van der Waals surface area contributed by atoms with E-state index in [1.54, 1.807) is 51.3 Å². The highest BCUT2D eigenvalue weighted by Gasteiger charge is 2.64. The first kappa shape index (κ1) is 69.7. The fourth-order valence-electron chi connectivity index (χ4n) is 10.4. The summed E-state index contributed by atoms with van der Waals surface area (Å²) in [5.74, 6) is -1.94. The molecule has 0 aromatic heterocycles. The molecule has 9 atom stereocenters. The number of nitrogens with two attached hydrogens (primary N) is 1. The average Bonchev–Trinajstić information content (AvgIpc) is 4.00. The molecule has 2 fully saturated rings. The molecule has 3 aliphatic heterocycles. The molecule has 0 unspecified atom stereocenters. The lowest BCUT2D eigenvalue weighted by Gasteiger charge is -2.42. The summed E-state index contributed by atoms with van der Waals surface area (Å²) in [5, 5.41) is 29.2. The molecule has 5 rings (SSSR count). The number of epoxide rings is 1. The fraction of sp³-hybridized carbons (Fsp3) is 0.603. The molecule has 3 aliphatic rings. The van der Waals surface area contributed by atoms with Crippen LogP contribution in [0.15, 0.2) is 58.6 Å². The van der Waals surface area contributed by atoms with Crippen LogP contribution >= 0.6 is 59.4 Å². The highest BCUT2D eigenvalue weighted by Crippen LogP contribution is 2.49. The van der Waals surface area contributed by atoms with Crippen LogP contribution in [0.4, 0.5) is 31.4 Å². The zero-order valence-electron chi connectivity index (χ0n) is 49.3. The highest BCUT2D eigenvalue weighted by atomic mass is 79.9. The SMILES string of the molecule is COc1cc2cc(c1Cl)N(C)CC[C@H](OC(=O)Nc1ccc(NC(=O)[C@H](CCCNC(N)=O)NC(=O)[C@@H](NC(=O)CCCCC(C)(C)OC(C=O)(CBr)CBr)C(C)C)cc1Br)[C@]1(C)O[C@H]1[C@H](C)[C@@H]1C[C@@](O)(NC(=O)O1)[C@H](OC)/C=C/C=C(\C)C2. The molecule has 0 aliphatic carbocycles. The van der Waals surface area contributed by atoms with E-state index in [9.17, 15) is 38.7 Å². The van der Waals surface area contributed by atoms with Crippen LogP contribution < -0.4 is 47.3 Å². The normalized spacial score (nSPS) is 24.5. The molecule has 84 heavy (non-hydrogen) atoms. The monoisotopic (exact) mass is 1390 g/mol. The van der Waals surface area contributed by atoms with Gasteiger partial charge in [0.05, 0.1) is 30.2 Å². The van der Waals surface area contributed by atoms with Gasteiger partial charge in [0.2, 0.25) is 17.7 Å². The number of allylic oxidation sites excluding steroid dienone is 3. The zero-order chi connectivity index (χ0) is 62.3. The van der Waals surface area contributed by atoms with Crippen molar-refractivity contribution in [2.24, 2.45) is 17.6 Å². The number of alkyl halides is 2. The number of aliphatic hydroxyl groups is 1. The number of ether oxygens (including phenoxy) is 6. The lowest BCUT2D eigenvalue weighted by Crippen LogP contribution is -2.63. The van der Waals surface area contributed by atoms with Gasteiger partial charge in [0, 0.05) is 73.2 Å². The molecule has 9 N–H and O–H groups in total. The predicted molar refractivity (Wildman–Crippen MR) is 331 cm³/mol. The summed E-state index contributed by atoms with van der Waals surface area (Å²) in [6.07, 6.45) is 3.96. The van der Waals surface area contributed by atoms with Gasteiger partial charge in [-0.15, -0.1) is 0 Å². The Balaban J connectivity index is 1.30. The molecule has 2 aromatic carbocycles. The van der Waals surface area contributed by atoms with Gasteiger partial charge in [-0.25, -0.2) is 14.4 Å². The summed E-state index contributed by atoms with van der Waals surface area (Å²) in [4.78, 5) is 93.6. The van der Waals surface area contributed by atoms with Crippen LogP contribution in [0.2, 0.25) is 5.02 Å². The minimum Gasteiger partial charge on any atom is -0.495 e. The van der Waals surface area contributed by atoms with E-state index in [0.29, 0.717) is 69.5 Å². The molecule has 4 bridgehead atoms. The van der Waals surface area contributed by atoms with E-state index >= 15 is 0 Å². The molecule has 26 heteroatoms. The largest absolute Gasteiger partial charge is 0.495 e. The third-order valence-electron chi connectivity index (χ3n) is 15.2. The average molecular weight is 1390 g/mol. The molecule has 2 aromatic rings. The number of carbonyl (C=O) groups excluding carboxylic acids is 7. The number of aldehydes is 1. The van der Waals surface area contributed by atoms with Crippen LogP contribution in [0.3, 0.4) is 0 Å². The number of anilines is 3. The molecule has 0 spiro atoms. The number of halogens is 4. The standard InChI is InChI=1S/C58H82Br3ClN8O14/c1-33(2)48(68-46(72)18-11-12-22-55(5,6)84-57(30-59,31-60)32-71)51(74)66-40(16-14-23-64-52(63)75)50(73)65-37-19-20-39(38(61)28-37)67-53(76)82-44-21-24-70(8)41-26-36(27-42(79-9)47(41)62)25-34(3)15-13-17-45(80-10)58(78)29-43(81-54(77)69-58)35(4)49-56(44,7)83-49/h13,15,17,19-20,26-28,32-33,35,40,43-45,48-49,78H,11-12,14,16,18,21-25,29-31H2,1-10H3,(H,65,73)(H,66,74)(H,67,76)(H,68,72)(H,69,77)(H3,63,64,75)/b17-13+,34-15+/t35-,40+,43+,44+,45-,48+,49+,56+,58+/m1/s1. The molecule has 7 amide bonds. The van der Waals surface area contributed by atoms with Crippen LogP contribution in [-0.4, -0.2) is 151 Å². The van der Waals surface area contributed by atoms with Gasteiger partial charge in [-0.05, 0) is 118 Å². The number of rotatable bonds is 24. The highest BCUT2D eigenvalue weighted by molar-refractivity contribution is 9.10. The fourth-order valence-corrected chi connectivity index (χ4v) is 12.6. The molecule has 0 radical (unpaired) electrons. The van der Waals surface area contributed by atoms with Crippen molar-refractivity contribution >= 4 is 119 Å². The Morgan fingerprint density at radius 1 is 1.05 bits per heavy atom. The smallest absolute Gasteiger partial charge is 0.412 e. The molecular formula is C58H82Br3ClN8O14. The van der Waals surface area contributed by atoms with Gasteiger partial charge >= 0.3 is 18.2 Å². The van der Waals surface area contributed by atoms with Crippen molar-refractivity contribution in [2.75, 3.05) is 60.6 Å². The van der Waals surface area contributed by atoms with Gasteiger partial charge in [0.25, 0.3) is 0 Å². The number of nitrogens with zero attached hydrogens (tertiary/aromatic N) is 1. The van der Waals surface area contributed by atoms with Gasteiger partial charge in [0.1, 0.15) is 52.4 Å². The molecular weight excluding hydrogens is 1310 g/mol. The first-order valence-corrected chi connectivity index (χ1v) is 31.3. The second-order valence-electron chi connectivity index (χ2n) is 22.9. The van der Waals surface area contributed by atoms with Crippen molar-refractivity contribution < 1.29 is 67.1 Å². The van der Waals surface area contributed by atoms with Crippen molar-refractivity contribution in [3.63, 3.8) is 0 Å². The van der Waals surface area contributed by atoms with E-state index in [1.165, 1.54) is 7.11 Å². The maximum atomic E-state index is 14.1. The van der Waals surface area contributed by atoms with Crippen LogP contribution in [0.5, 0.6) is 5.75 Å². The van der Waals surface area contributed by atoms with Gasteiger partial charge < -0.3 is 70.2 Å². The third kappa shape index (κ3) is 19.2. The number of benzene rings is 2. The molecule has 466 valence electrons. The van der Waals surface area contributed by atoms with Gasteiger partial charge in [-0.2, -0.15) is 0 Å². The van der Waals surface area contributed by atoms with Crippen LogP contribution in [0.1, 0.15) is 105 Å². The number of hydrogen-bond acceptors (Lipinski definition) is 15. The lowest BCUT2D eigenvalue weighted by molar-refractivity contribution is -0.146. The Hall–Kier alpha value is -5.02. The second kappa shape index (κ2) is 31.1. The molecule has 0 saturated carbocycles. The number of unbranched alkanes of at least 4 members (excludes halogenated alkanes) is 1. The number of carbonyl (C=O) groups is 7. The number of hydrogen-bond donors (Lipinski definition) is 8. The number of urea groups is 1. The second-order valence-corrected chi connectivity index (χ2v) is 25.2. The summed E-state index contributed by atoms with van der Waals surface area (Å²) < 4.78 is 36.3. The number of methoxy groups -OCH3 is 2. The van der Waals surface area contributed by atoms with Crippen LogP contribution in [0, 0.1) is 11.8 Å². The topological polar surface area (TPSA) is 300 Å². The van der Waals surface area contributed by atoms with E-state index in [4.69, 9.17) is 45.8 Å². The number of fused-ring (bicyclic) bond motifs is 5. The third-order valence-corrected chi connectivity index (χ3v) is 18.1. The Labute approximate surface area is 522 Å². The zero-order valence-corrected chi connectivity index (χ0v) is 54.8. The van der Waals surface area contributed by atoms with E-state index in [2.05, 4.69) is 79.7 Å². The number of alkyl carbamates (subject to hydrolysis) is 1. The first-order valence-electron chi connectivity index (χ1n) is 27.9. The van der Waals surface area contributed by atoms with Gasteiger partial charge in [-0.3, -0.25) is 25.0 Å². The Bertz CT molecular complexity index is 2740. The van der Waals surface area contributed by atoms with Gasteiger partial charge in [-0.1, -0.05) is 94.5 Å². The van der Waals surface area contributed by atoms with E-state index in [-0.39, 0.29) is 56.2 Å². The minimum atomic E-state index is -1.84. The lowest BCUT2D eigenvalue weighted by atomic mass is 9.83. The molecule has 22 nitrogen and oxygen atoms in total. The van der Waals surface area contributed by atoms with Crippen LogP contribution in [-0.2, 0) is 49.3 Å². The number of primary amides is 1. The molecule has 3 heterocycles. The molecule has 2 saturated heterocycles. The summed E-state index contributed by atoms with van der Waals surface area (Å²) in [5.41, 5.74) is 3.77. The maximum absolute atomic E-state index is 14.1. The van der Waals surface area contributed by atoms with Gasteiger partial charge in [0.15, 0.2) is 12.0 Å². The maximum Gasteiger partial charge on any atom is 0.412 e. The van der Waals surface area contributed by atoms with Crippen molar-refractivity contribution in [1.29, 1.82) is 0 Å².